The average molecular weight is 374 g/mol. The lowest BCUT2D eigenvalue weighted by Gasteiger charge is -2.05. The Kier molecular flexibility index (Phi) is 3.42. The molecule has 0 aliphatic rings. The van der Waals surface area contributed by atoms with Gasteiger partial charge in [-0.05, 0) is 69.8 Å². The van der Waals surface area contributed by atoms with Gasteiger partial charge < -0.3 is 4.74 Å². The second-order valence-corrected chi connectivity index (χ2v) is 4.56. The highest BCUT2D eigenvalue weighted by Gasteiger charge is 2.02. The summed E-state index contributed by atoms with van der Waals surface area (Å²) in [6.45, 7) is 2.05. The molecule has 0 N–H and O–H groups in total. The lowest BCUT2D eigenvalue weighted by molar-refractivity contribution is 0.411. The van der Waals surface area contributed by atoms with E-state index in [1.807, 2.05) is 0 Å². The minimum Gasteiger partial charge on any atom is -0.496 e. The van der Waals surface area contributed by atoms with Gasteiger partial charge in [0.25, 0.3) is 0 Å². The van der Waals surface area contributed by atoms with E-state index in [2.05, 4.69) is 64.2 Å². The summed E-state index contributed by atoms with van der Waals surface area (Å²) in [5.41, 5.74) is 1.19. The predicted molar refractivity (Wildman–Crippen MR) is 63.2 cm³/mol. The molecule has 0 heterocycles. The summed E-state index contributed by atoms with van der Waals surface area (Å²) in [5.74, 6) is 0.967. The van der Waals surface area contributed by atoms with Gasteiger partial charge in [-0.3, -0.25) is 0 Å². The fourth-order valence-corrected chi connectivity index (χ4v) is 1.91. The van der Waals surface area contributed by atoms with Crippen molar-refractivity contribution < 1.29 is 4.74 Å². The summed E-state index contributed by atoms with van der Waals surface area (Å²) in [4.78, 5) is 0. The van der Waals surface area contributed by atoms with Gasteiger partial charge in [0, 0.05) is 7.14 Å². The van der Waals surface area contributed by atoms with Gasteiger partial charge in [0.1, 0.15) is 5.75 Å². The van der Waals surface area contributed by atoms with E-state index in [9.17, 15) is 0 Å². The van der Waals surface area contributed by atoms with E-state index >= 15 is 0 Å². The smallest absolute Gasteiger partial charge is 0.122 e. The third-order valence-corrected chi connectivity index (χ3v) is 4.25. The molecule has 0 fully saturated rings. The topological polar surface area (TPSA) is 9.23 Å². The third-order valence-electron chi connectivity index (χ3n) is 1.44. The van der Waals surface area contributed by atoms with Crippen LogP contribution in [0.2, 0.25) is 0 Å². The lowest BCUT2D eigenvalue weighted by atomic mass is 10.2. The third kappa shape index (κ3) is 2.21. The van der Waals surface area contributed by atoms with Crippen LogP contribution in [0.5, 0.6) is 5.75 Å². The Morgan fingerprint density at radius 1 is 1.18 bits per heavy atom. The molecular weight excluding hydrogens is 366 g/mol. The zero-order valence-electron chi connectivity index (χ0n) is 6.32. The van der Waals surface area contributed by atoms with Crippen LogP contribution in [0, 0.1) is 14.1 Å². The summed E-state index contributed by atoms with van der Waals surface area (Å²) in [6.07, 6.45) is 0. The molecule has 0 unspecified atom stereocenters. The standard InChI is InChI=1S/C8H8I2O/c1-5-3-6(9)7(10)4-8(5)11-2/h3-4H,1-2H3. The lowest BCUT2D eigenvalue weighted by Crippen LogP contribution is -1.89. The SMILES string of the molecule is COc1cc(I)c(I)cc1C. The summed E-state index contributed by atoms with van der Waals surface area (Å²) < 4.78 is 7.69. The van der Waals surface area contributed by atoms with Crippen LogP contribution in [0.25, 0.3) is 0 Å². The first-order valence-electron chi connectivity index (χ1n) is 3.15. The largest absolute Gasteiger partial charge is 0.496 e. The maximum absolute atomic E-state index is 5.17. The van der Waals surface area contributed by atoms with Crippen molar-refractivity contribution in [2.45, 2.75) is 6.92 Å². The summed E-state index contributed by atoms with van der Waals surface area (Å²) in [7, 11) is 1.70. The Balaban J connectivity index is 3.21. The Bertz CT molecular complexity index is 271. The minimum absolute atomic E-state index is 0.967. The molecule has 1 rings (SSSR count). The molecule has 0 aliphatic carbocycles. The molecule has 0 aromatic heterocycles. The van der Waals surface area contributed by atoms with Crippen LogP contribution < -0.4 is 4.74 Å². The Labute approximate surface area is 93.8 Å². The van der Waals surface area contributed by atoms with Gasteiger partial charge in [-0.25, -0.2) is 0 Å². The van der Waals surface area contributed by atoms with Crippen LogP contribution in [0.1, 0.15) is 5.56 Å². The molecule has 11 heavy (non-hydrogen) atoms. The van der Waals surface area contributed by atoms with Crippen molar-refractivity contribution in [2.75, 3.05) is 7.11 Å². The molecule has 60 valence electrons. The zero-order valence-corrected chi connectivity index (χ0v) is 10.6. The van der Waals surface area contributed by atoms with Crippen molar-refractivity contribution >= 4 is 45.2 Å². The normalized spacial score (nSPS) is 9.82. The van der Waals surface area contributed by atoms with Gasteiger partial charge in [0.15, 0.2) is 0 Å². The molecule has 3 heteroatoms. The molecule has 0 atom stereocenters. The van der Waals surface area contributed by atoms with E-state index in [0.29, 0.717) is 0 Å². The number of hydrogen-bond acceptors (Lipinski definition) is 1. The fraction of sp³-hybridized carbons (Fsp3) is 0.250. The van der Waals surface area contributed by atoms with Gasteiger partial charge in [-0.1, -0.05) is 0 Å². The number of aryl methyl sites for hydroxylation is 1. The maximum atomic E-state index is 5.17. The molecule has 1 aromatic rings. The van der Waals surface area contributed by atoms with Crippen LogP contribution in [-0.4, -0.2) is 7.11 Å². The summed E-state index contributed by atoms with van der Waals surface area (Å²) in [5, 5.41) is 0. The highest BCUT2D eigenvalue weighted by molar-refractivity contribution is 14.1. The number of halogens is 2. The van der Waals surface area contributed by atoms with E-state index in [-0.39, 0.29) is 0 Å². The number of methoxy groups -OCH3 is 1. The van der Waals surface area contributed by atoms with E-state index in [1.54, 1.807) is 7.11 Å². The molecule has 0 saturated heterocycles. The number of ether oxygens (including phenoxy) is 1. The first kappa shape index (κ1) is 9.57. The molecule has 0 amide bonds. The van der Waals surface area contributed by atoms with Gasteiger partial charge in [-0.2, -0.15) is 0 Å². The van der Waals surface area contributed by atoms with Crippen LogP contribution in [0.3, 0.4) is 0 Å². The summed E-state index contributed by atoms with van der Waals surface area (Å²) >= 11 is 4.62. The molecule has 0 spiro atoms. The van der Waals surface area contributed by atoms with Crippen molar-refractivity contribution in [1.29, 1.82) is 0 Å². The Hall–Kier alpha value is 0.480. The molecular formula is C8H8I2O. The van der Waals surface area contributed by atoms with Gasteiger partial charge >= 0.3 is 0 Å². The van der Waals surface area contributed by atoms with Crippen molar-refractivity contribution in [3.05, 3.63) is 24.8 Å². The molecule has 0 radical (unpaired) electrons. The number of hydrogen-bond donors (Lipinski definition) is 0. The van der Waals surface area contributed by atoms with Crippen LogP contribution in [-0.2, 0) is 0 Å². The monoisotopic (exact) mass is 374 g/mol. The van der Waals surface area contributed by atoms with Crippen molar-refractivity contribution in [3.63, 3.8) is 0 Å². The van der Waals surface area contributed by atoms with Crippen LogP contribution in [0.4, 0.5) is 0 Å². The maximum Gasteiger partial charge on any atom is 0.122 e. The second kappa shape index (κ2) is 3.93. The van der Waals surface area contributed by atoms with Gasteiger partial charge in [-0.15, -0.1) is 0 Å². The van der Waals surface area contributed by atoms with Crippen molar-refractivity contribution in [1.82, 2.24) is 0 Å². The number of benzene rings is 1. The van der Waals surface area contributed by atoms with Crippen LogP contribution in [0.15, 0.2) is 12.1 Å². The first-order valence-corrected chi connectivity index (χ1v) is 5.30. The van der Waals surface area contributed by atoms with Crippen molar-refractivity contribution in [3.8, 4) is 5.75 Å². The molecule has 0 bridgehead atoms. The highest BCUT2D eigenvalue weighted by atomic mass is 127. The van der Waals surface area contributed by atoms with Crippen molar-refractivity contribution in [2.24, 2.45) is 0 Å². The van der Waals surface area contributed by atoms with Crippen LogP contribution >= 0.6 is 45.2 Å². The molecule has 0 saturated carbocycles. The number of rotatable bonds is 1. The molecule has 1 aromatic carbocycles. The Morgan fingerprint density at radius 3 is 2.27 bits per heavy atom. The second-order valence-electron chi connectivity index (χ2n) is 2.24. The van der Waals surface area contributed by atoms with E-state index in [4.69, 9.17) is 4.74 Å². The van der Waals surface area contributed by atoms with E-state index in [0.717, 1.165) is 5.75 Å². The predicted octanol–water partition coefficient (Wildman–Crippen LogP) is 3.21. The minimum atomic E-state index is 0.967. The van der Waals surface area contributed by atoms with Gasteiger partial charge in [0.2, 0.25) is 0 Å². The first-order chi connectivity index (χ1) is 5.15. The molecule has 1 nitrogen and oxygen atoms in total. The van der Waals surface area contributed by atoms with E-state index in [1.165, 1.54) is 12.7 Å². The van der Waals surface area contributed by atoms with Gasteiger partial charge in [0.05, 0.1) is 7.11 Å². The highest BCUT2D eigenvalue weighted by Crippen LogP contribution is 2.24. The summed E-state index contributed by atoms with van der Waals surface area (Å²) in [6, 6.07) is 4.18. The average Bonchev–Trinajstić information content (AvgIpc) is 1.97. The van der Waals surface area contributed by atoms with E-state index < -0.39 is 0 Å². The Morgan fingerprint density at radius 2 is 1.73 bits per heavy atom. The zero-order chi connectivity index (χ0) is 8.43. The molecule has 0 aliphatic heterocycles. The quantitative estimate of drug-likeness (QED) is 0.687. The fourth-order valence-electron chi connectivity index (χ4n) is 0.848.